The lowest BCUT2D eigenvalue weighted by atomic mass is 10.1. The van der Waals surface area contributed by atoms with Crippen molar-refractivity contribution >= 4 is 16.7 Å². The average molecular weight is 259 g/mol. The molecule has 1 atom stereocenters. The Balaban J connectivity index is 2.44. The summed E-state index contributed by atoms with van der Waals surface area (Å²) in [5.41, 5.74) is 6.90. The number of benzene rings is 1. The van der Waals surface area contributed by atoms with Crippen molar-refractivity contribution in [3.8, 4) is 5.88 Å². The normalized spacial score (nSPS) is 12.3. The number of nitrogens with two attached hydrogens (primary N) is 1. The molecule has 2 rings (SSSR count). The van der Waals surface area contributed by atoms with E-state index in [9.17, 15) is 0 Å². The van der Waals surface area contributed by atoms with Gasteiger partial charge in [-0.25, -0.2) is 4.98 Å². The molecule has 2 aromatic rings. The standard InChI is InChI=1S/C14H17N3O2/c1-9(8-18-2)19-14-11(13(15)16)7-10-5-3-4-6-12(10)17-14/h3-7,9H,8H2,1-2H3,(H3,15,16). The smallest absolute Gasteiger partial charge is 0.225 e. The highest BCUT2D eigenvalue weighted by Crippen LogP contribution is 2.22. The zero-order valence-corrected chi connectivity index (χ0v) is 11.0. The summed E-state index contributed by atoms with van der Waals surface area (Å²) in [6.45, 7) is 2.33. The minimum atomic E-state index is -0.156. The first-order valence-corrected chi connectivity index (χ1v) is 6.01. The van der Waals surface area contributed by atoms with Crippen molar-refractivity contribution < 1.29 is 9.47 Å². The third-order valence-electron chi connectivity index (χ3n) is 2.69. The Labute approximate surface area is 111 Å². The quantitative estimate of drug-likeness (QED) is 0.635. The summed E-state index contributed by atoms with van der Waals surface area (Å²) in [5, 5.41) is 8.55. The molecule has 3 N–H and O–H groups in total. The molecule has 1 heterocycles. The third kappa shape index (κ3) is 3.00. The molecule has 0 radical (unpaired) electrons. The van der Waals surface area contributed by atoms with Crippen LogP contribution in [0.1, 0.15) is 12.5 Å². The molecule has 0 bridgehead atoms. The second-order valence-electron chi connectivity index (χ2n) is 4.33. The molecule has 100 valence electrons. The summed E-state index contributed by atoms with van der Waals surface area (Å²) in [5.74, 6) is 0.314. The number of methoxy groups -OCH3 is 1. The molecule has 0 saturated heterocycles. The van der Waals surface area contributed by atoms with Gasteiger partial charge in [0.15, 0.2) is 0 Å². The fraction of sp³-hybridized carbons (Fsp3) is 0.286. The minimum absolute atomic E-state index is 0.0575. The number of hydrogen-bond acceptors (Lipinski definition) is 4. The molecular weight excluding hydrogens is 242 g/mol. The summed E-state index contributed by atoms with van der Waals surface area (Å²) in [6, 6.07) is 9.47. The van der Waals surface area contributed by atoms with Gasteiger partial charge in [0.2, 0.25) is 5.88 Å². The van der Waals surface area contributed by atoms with Crippen LogP contribution in [0.15, 0.2) is 30.3 Å². The number of nitrogens with one attached hydrogen (secondary N) is 1. The van der Waals surface area contributed by atoms with Gasteiger partial charge in [0.25, 0.3) is 0 Å². The Hall–Kier alpha value is -2.14. The van der Waals surface area contributed by atoms with Gasteiger partial charge in [-0.2, -0.15) is 0 Å². The third-order valence-corrected chi connectivity index (χ3v) is 2.69. The fourth-order valence-electron chi connectivity index (χ4n) is 1.84. The van der Waals surface area contributed by atoms with Gasteiger partial charge in [0.05, 0.1) is 17.7 Å². The highest BCUT2D eigenvalue weighted by molar-refractivity contribution is 6.00. The Kier molecular flexibility index (Phi) is 3.97. The number of para-hydroxylation sites is 1. The van der Waals surface area contributed by atoms with E-state index in [1.807, 2.05) is 37.3 Å². The largest absolute Gasteiger partial charge is 0.472 e. The van der Waals surface area contributed by atoms with E-state index in [-0.39, 0.29) is 11.9 Å². The molecule has 1 aromatic carbocycles. The van der Waals surface area contributed by atoms with Crippen LogP contribution in [0.25, 0.3) is 10.9 Å². The zero-order chi connectivity index (χ0) is 13.8. The van der Waals surface area contributed by atoms with E-state index in [0.717, 1.165) is 10.9 Å². The van der Waals surface area contributed by atoms with Crippen LogP contribution in [0.3, 0.4) is 0 Å². The van der Waals surface area contributed by atoms with Gasteiger partial charge in [-0.3, -0.25) is 5.41 Å². The second kappa shape index (κ2) is 5.67. The van der Waals surface area contributed by atoms with Crippen LogP contribution in [0, 0.1) is 5.41 Å². The molecule has 0 saturated carbocycles. The topological polar surface area (TPSA) is 81.2 Å². The van der Waals surface area contributed by atoms with E-state index in [2.05, 4.69) is 4.98 Å². The molecule has 1 aromatic heterocycles. The maximum Gasteiger partial charge on any atom is 0.225 e. The Bertz CT molecular complexity index is 598. The van der Waals surface area contributed by atoms with Crippen molar-refractivity contribution in [1.82, 2.24) is 4.98 Å². The molecular formula is C14H17N3O2. The first-order valence-electron chi connectivity index (χ1n) is 6.01. The van der Waals surface area contributed by atoms with E-state index in [4.69, 9.17) is 20.6 Å². The van der Waals surface area contributed by atoms with Crippen molar-refractivity contribution in [2.75, 3.05) is 13.7 Å². The fourth-order valence-corrected chi connectivity index (χ4v) is 1.84. The van der Waals surface area contributed by atoms with Gasteiger partial charge in [-0.05, 0) is 19.1 Å². The molecule has 5 heteroatoms. The highest BCUT2D eigenvalue weighted by atomic mass is 16.5. The summed E-state index contributed by atoms with van der Waals surface area (Å²) >= 11 is 0. The predicted octanol–water partition coefficient (Wildman–Crippen LogP) is 1.93. The van der Waals surface area contributed by atoms with Crippen molar-refractivity contribution in [1.29, 1.82) is 5.41 Å². The molecule has 1 unspecified atom stereocenters. The average Bonchev–Trinajstić information content (AvgIpc) is 2.38. The maximum absolute atomic E-state index is 7.62. The zero-order valence-electron chi connectivity index (χ0n) is 11.0. The van der Waals surface area contributed by atoms with Crippen LogP contribution in [-0.2, 0) is 4.74 Å². The number of amidine groups is 1. The van der Waals surface area contributed by atoms with Crippen molar-refractivity contribution in [2.24, 2.45) is 5.73 Å². The summed E-state index contributed by atoms with van der Waals surface area (Å²) < 4.78 is 10.7. The molecule has 0 fully saturated rings. The maximum atomic E-state index is 7.62. The Morgan fingerprint density at radius 1 is 1.42 bits per heavy atom. The number of pyridine rings is 1. The molecule has 0 spiro atoms. The van der Waals surface area contributed by atoms with Crippen LogP contribution in [0.5, 0.6) is 5.88 Å². The van der Waals surface area contributed by atoms with Gasteiger partial charge in [-0.1, -0.05) is 18.2 Å². The summed E-state index contributed by atoms with van der Waals surface area (Å²) in [6.07, 6.45) is -0.156. The van der Waals surface area contributed by atoms with Crippen molar-refractivity contribution in [2.45, 2.75) is 13.0 Å². The molecule has 0 aliphatic heterocycles. The van der Waals surface area contributed by atoms with Gasteiger partial charge in [-0.15, -0.1) is 0 Å². The monoisotopic (exact) mass is 259 g/mol. The molecule has 0 aliphatic rings. The van der Waals surface area contributed by atoms with E-state index >= 15 is 0 Å². The molecule has 19 heavy (non-hydrogen) atoms. The molecule has 0 aliphatic carbocycles. The molecule has 0 amide bonds. The Morgan fingerprint density at radius 2 is 2.16 bits per heavy atom. The van der Waals surface area contributed by atoms with Crippen molar-refractivity contribution in [3.05, 3.63) is 35.9 Å². The van der Waals surface area contributed by atoms with Gasteiger partial charge < -0.3 is 15.2 Å². The van der Waals surface area contributed by atoms with E-state index in [1.165, 1.54) is 0 Å². The number of aromatic nitrogens is 1. The van der Waals surface area contributed by atoms with E-state index in [1.54, 1.807) is 7.11 Å². The van der Waals surface area contributed by atoms with Gasteiger partial charge in [0.1, 0.15) is 11.9 Å². The van der Waals surface area contributed by atoms with Crippen LogP contribution in [-0.4, -0.2) is 30.6 Å². The number of nitrogens with zero attached hydrogens (tertiary/aromatic N) is 1. The predicted molar refractivity (Wildman–Crippen MR) is 74.7 cm³/mol. The van der Waals surface area contributed by atoms with Crippen LogP contribution in [0.4, 0.5) is 0 Å². The SMILES string of the molecule is COCC(C)Oc1nc2ccccc2cc1C(=N)N. The van der Waals surface area contributed by atoms with E-state index in [0.29, 0.717) is 18.1 Å². The lowest BCUT2D eigenvalue weighted by molar-refractivity contribution is 0.0891. The lowest BCUT2D eigenvalue weighted by Gasteiger charge is -2.16. The summed E-state index contributed by atoms with van der Waals surface area (Å²) in [7, 11) is 1.61. The van der Waals surface area contributed by atoms with Gasteiger partial charge >= 0.3 is 0 Å². The Morgan fingerprint density at radius 3 is 2.84 bits per heavy atom. The van der Waals surface area contributed by atoms with Crippen LogP contribution < -0.4 is 10.5 Å². The number of hydrogen-bond donors (Lipinski definition) is 2. The van der Waals surface area contributed by atoms with Crippen molar-refractivity contribution in [3.63, 3.8) is 0 Å². The first kappa shape index (κ1) is 13.3. The first-order chi connectivity index (χ1) is 9.11. The number of nitrogen functional groups attached to an aromatic ring is 1. The number of ether oxygens (including phenoxy) is 2. The number of rotatable bonds is 5. The molecule has 5 nitrogen and oxygen atoms in total. The minimum Gasteiger partial charge on any atom is -0.472 e. The van der Waals surface area contributed by atoms with E-state index < -0.39 is 0 Å². The van der Waals surface area contributed by atoms with Gasteiger partial charge in [0, 0.05) is 12.5 Å². The lowest BCUT2D eigenvalue weighted by Crippen LogP contribution is -2.22. The number of fused-ring (bicyclic) bond motifs is 1. The second-order valence-corrected chi connectivity index (χ2v) is 4.33. The van der Waals surface area contributed by atoms with Crippen LogP contribution >= 0.6 is 0 Å². The summed E-state index contributed by atoms with van der Waals surface area (Å²) in [4.78, 5) is 4.42. The van der Waals surface area contributed by atoms with Crippen LogP contribution in [0.2, 0.25) is 0 Å². The highest BCUT2D eigenvalue weighted by Gasteiger charge is 2.13.